The van der Waals surface area contributed by atoms with Gasteiger partial charge in [-0.15, -0.1) is 0 Å². The second-order valence-electron chi connectivity index (χ2n) is 6.84. The van der Waals surface area contributed by atoms with Crippen molar-refractivity contribution in [1.29, 1.82) is 0 Å². The molecule has 0 radical (unpaired) electrons. The highest BCUT2D eigenvalue weighted by atomic mass is 19.4. The van der Waals surface area contributed by atoms with Gasteiger partial charge in [0.25, 0.3) is 0 Å². The summed E-state index contributed by atoms with van der Waals surface area (Å²) in [5.41, 5.74) is 0.786. The lowest BCUT2D eigenvalue weighted by Crippen LogP contribution is -2.51. The first kappa shape index (κ1) is 20.2. The van der Waals surface area contributed by atoms with Gasteiger partial charge in [0.2, 0.25) is 5.91 Å². The molecular formula is C21H21F4NO2. The number of carbonyl (C=O) groups is 1. The van der Waals surface area contributed by atoms with Gasteiger partial charge in [0.15, 0.2) is 0 Å². The summed E-state index contributed by atoms with van der Waals surface area (Å²) in [6.45, 7) is 0.150. The number of aryl methyl sites for hydroxylation is 1. The van der Waals surface area contributed by atoms with Crippen LogP contribution >= 0.6 is 0 Å². The minimum atomic E-state index is -4.39. The van der Waals surface area contributed by atoms with Gasteiger partial charge in [0, 0.05) is 13.0 Å². The standard InChI is InChI=1S/C21H21F4NO2/c22-16-8-10-17(11-9-16)28-18-5-3-4-15(14-18)7-12-20(27)26-13-2-1-6-19(26)21(23,24)25/h3-5,8-11,14,19H,1-2,6-7,12-13H2. The van der Waals surface area contributed by atoms with E-state index in [1.54, 1.807) is 24.3 Å². The first-order valence-corrected chi connectivity index (χ1v) is 9.21. The Morgan fingerprint density at radius 3 is 2.54 bits per heavy atom. The van der Waals surface area contributed by atoms with Gasteiger partial charge in [-0.3, -0.25) is 4.79 Å². The molecule has 1 atom stereocenters. The van der Waals surface area contributed by atoms with E-state index in [4.69, 9.17) is 4.74 Å². The van der Waals surface area contributed by atoms with Gasteiger partial charge in [-0.25, -0.2) is 4.39 Å². The Hall–Kier alpha value is -2.57. The lowest BCUT2D eigenvalue weighted by molar-refractivity contribution is -0.195. The van der Waals surface area contributed by atoms with Crippen molar-refractivity contribution in [3.05, 3.63) is 59.9 Å². The van der Waals surface area contributed by atoms with Crippen LogP contribution in [0.5, 0.6) is 11.5 Å². The molecule has 2 aromatic carbocycles. The van der Waals surface area contributed by atoms with Crippen molar-refractivity contribution in [2.24, 2.45) is 0 Å². The second-order valence-corrected chi connectivity index (χ2v) is 6.84. The van der Waals surface area contributed by atoms with E-state index < -0.39 is 18.1 Å². The number of carbonyl (C=O) groups excluding carboxylic acids is 1. The predicted molar refractivity (Wildman–Crippen MR) is 96.6 cm³/mol. The molecule has 1 heterocycles. The quantitative estimate of drug-likeness (QED) is 0.626. The minimum Gasteiger partial charge on any atom is -0.457 e. The monoisotopic (exact) mass is 395 g/mol. The third-order valence-electron chi connectivity index (χ3n) is 4.78. The van der Waals surface area contributed by atoms with E-state index in [0.29, 0.717) is 30.8 Å². The predicted octanol–water partition coefficient (Wildman–Crippen LogP) is 5.49. The van der Waals surface area contributed by atoms with Crippen LogP contribution in [-0.4, -0.2) is 29.6 Å². The maximum atomic E-state index is 13.2. The van der Waals surface area contributed by atoms with E-state index in [0.717, 1.165) is 10.5 Å². The highest BCUT2D eigenvalue weighted by Gasteiger charge is 2.45. The third-order valence-corrected chi connectivity index (χ3v) is 4.78. The van der Waals surface area contributed by atoms with Crippen molar-refractivity contribution in [2.75, 3.05) is 6.54 Å². The number of nitrogens with zero attached hydrogens (tertiary/aromatic N) is 1. The molecule has 2 aromatic rings. The number of likely N-dealkylation sites (tertiary alicyclic amines) is 1. The lowest BCUT2D eigenvalue weighted by atomic mass is 10.0. The van der Waals surface area contributed by atoms with Gasteiger partial charge in [-0.05, 0) is 67.6 Å². The Balaban J connectivity index is 1.61. The van der Waals surface area contributed by atoms with E-state index in [1.807, 2.05) is 0 Å². The van der Waals surface area contributed by atoms with Crippen molar-refractivity contribution in [2.45, 2.75) is 44.3 Å². The average molecular weight is 395 g/mol. The Morgan fingerprint density at radius 2 is 1.82 bits per heavy atom. The molecule has 1 fully saturated rings. The molecule has 0 aliphatic carbocycles. The van der Waals surface area contributed by atoms with Gasteiger partial charge < -0.3 is 9.64 Å². The number of benzene rings is 2. The fraction of sp³-hybridized carbons (Fsp3) is 0.381. The first-order valence-electron chi connectivity index (χ1n) is 9.21. The van der Waals surface area contributed by atoms with Crippen LogP contribution in [0.2, 0.25) is 0 Å². The van der Waals surface area contributed by atoms with Gasteiger partial charge >= 0.3 is 6.18 Å². The average Bonchev–Trinajstić information content (AvgIpc) is 2.67. The van der Waals surface area contributed by atoms with E-state index in [1.165, 1.54) is 24.3 Å². The fourth-order valence-corrected chi connectivity index (χ4v) is 3.37. The van der Waals surface area contributed by atoms with Crippen LogP contribution < -0.4 is 4.74 Å². The Morgan fingerprint density at radius 1 is 1.07 bits per heavy atom. The summed E-state index contributed by atoms with van der Waals surface area (Å²) < 4.78 is 58.1. The van der Waals surface area contributed by atoms with Crippen molar-refractivity contribution in [3.63, 3.8) is 0 Å². The van der Waals surface area contributed by atoms with E-state index >= 15 is 0 Å². The zero-order valence-corrected chi connectivity index (χ0v) is 15.2. The highest BCUT2D eigenvalue weighted by Crippen LogP contribution is 2.32. The van der Waals surface area contributed by atoms with Crippen LogP contribution in [0, 0.1) is 5.82 Å². The summed E-state index contributed by atoms with van der Waals surface area (Å²) in [5, 5.41) is 0. The van der Waals surface area contributed by atoms with E-state index in [9.17, 15) is 22.4 Å². The number of piperidine rings is 1. The van der Waals surface area contributed by atoms with Crippen LogP contribution in [-0.2, 0) is 11.2 Å². The Kier molecular flexibility index (Phi) is 6.21. The normalized spacial score (nSPS) is 17.4. The summed E-state index contributed by atoms with van der Waals surface area (Å²) in [6.07, 6.45) is -3.02. The zero-order chi connectivity index (χ0) is 20.1. The largest absolute Gasteiger partial charge is 0.457 e. The number of amides is 1. The van der Waals surface area contributed by atoms with Gasteiger partial charge in [-0.2, -0.15) is 13.2 Å². The van der Waals surface area contributed by atoms with Gasteiger partial charge in [-0.1, -0.05) is 12.1 Å². The van der Waals surface area contributed by atoms with Gasteiger partial charge in [0.05, 0.1) is 0 Å². The minimum absolute atomic E-state index is 0.00653. The van der Waals surface area contributed by atoms with Crippen molar-refractivity contribution >= 4 is 5.91 Å². The number of hydrogen-bond acceptors (Lipinski definition) is 2. The molecule has 3 nitrogen and oxygen atoms in total. The van der Waals surface area contributed by atoms with E-state index in [-0.39, 0.29) is 25.2 Å². The summed E-state index contributed by atoms with van der Waals surface area (Å²) in [7, 11) is 0. The molecule has 7 heteroatoms. The molecule has 0 N–H and O–H groups in total. The molecule has 1 unspecified atom stereocenters. The molecule has 0 bridgehead atoms. The summed E-state index contributed by atoms with van der Waals surface area (Å²) >= 11 is 0. The maximum Gasteiger partial charge on any atom is 0.408 e. The molecule has 0 saturated carbocycles. The van der Waals surface area contributed by atoms with Gasteiger partial charge in [0.1, 0.15) is 23.4 Å². The zero-order valence-electron chi connectivity index (χ0n) is 15.2. The SMILES string of the molecule is O=C(CCc1cccc(Oc2ccc(F)cc2)c1)N1CCCCC1C(F)(F)F. The molecule has 0 spiro atoms. The number of ether oxygens (including phenoxy) is 1. The summed E-state index contributed by atoms with van der Waals surface area (Å²) in [5.74, 6) is 0.139. The number of halogens is 4. The van der Waals surface area contributed by atoms with Crippen LogP contribution in [0.25, 0.3) is 0 Å². The van der Waals surface area contributed by atoms with Crippen LogP contribution in [0.1, 0.15) is 31.2 Å². The first-order chi connectivity index (χ1) is 13.3. The molecule has 1 saturated heterocycles. The summed E-state index contributed by atoms with van der Waals surface area (Å²) in [4.78, 5) is 13.4. The molecule has 28 heavy (non-hydrogen) atoms. The number of hydrogen-bond donors (Lipinski definition) is 0. The van der Waals surface area contributed by atoms with E-state index in [2.05, 4.69) is 0 Å². The molecule has 1 amide bonds. The summed E-state index contributed by atoms with van der Waals surface area (Å²) in [6, 6.07) is 10.9. The molecule has 1 aliphatic rings. The molecule has 150 valence electrons. The van der Waals surface area contributed by atoms with Crippen molar-refractivity contribution in [1.82, 2.24) is 4.90 Å². The molecule has 1 aliphatic heterocycles. The molecule has 3 rings (SSSR count). The smallest absolute Gasteiger partial charge is 0.408 e. The van der Waals surface area contributed by atoms with Crippen LogP contribution in [0.15, 0.2) is 48.5 Å². The third kappa shape index (κ3) is 5.24. The number of alkyl halides is 3. The van der Waals surface area contributed by atoms with Crippen molar-refractivity contribution in [3.8, 4) is 11.5 Å². The van der Waals surface area contributed by atoms with Crippen LogP contribution in [0.3, 0.4) is 0 Å². The molecular weight excluding hydrogens is 374 g/mol. The molecule has 0 aromatic heterocycles. The Labute approximate surface area is 160 Å². The highest BCUT2D eigenvalue weighted by molar-refractivity contribution is 5.77. The van der Waals surface area contributed by atoms with Crippen LogP contribution in [0.4, 0.5) is 17.6 Å². The number of rotatable bonds is 5. The maximum absolute atomic E-state index is 13.2. The second kappa shape index (κ2) is 8.63. The fourth-order valence-electron chi connectivity index (χ4n) is 3.37. The lowest BCUT2D eigenvalue weighted by Gasteiger charge is -2.36. The van der Waals surface area contributed by atoms with Crippen molar-refractivity contribution < 1.29 is 27.1 Å². The topological polar surface area (TPSA) is 29.5 Å². The Bertz CT molecular complexity index is 805.